The summed E-state index contributed by atoms with van der Waals surface area (Å²) >= 11 is 6.39. The Labute approximate surface area is 156 Å². The molecule has 0 heterocycles. The highest BCUT2D eigenvalue weighted by Gasteiger charge is 2.09. The van der Waals surface area contributed by atoms with Crippen molar-refractivity contribution >= 4 is 61.6 Å². The van der Waals surface area contributed by atoms with Gasteiger partial charge in [-0.25, -0.2) is 21.6 Å². The molecule has 10 heteroatoms. The van der Waals surface area contributed by atoms with E-state index in [2.05, 4.69) is 36.6 Å². The van der Waals surface area contributed by atoms with Crippen LogP contribution in [0.25, 0.3) is 0 Å². The topological polar surface area (TPSA) is 80.3 Å². The monoisotopic (exact) mass is 503 g/mol. The van der Waals surface area contributed by atoms with Crippen molar-refractivity contribution in [3.05, 3.63) is 57.5 Å². The van der Waals surface area contributed by atoms with Crippen LogP contribution < -0.4 is 4.72 Å². The molecule has 0 spiro atoms. The molecule has 0 aliphatic heterocycles. The Balaban J connectivity index is 0.000000231. The molecule has 0 fully saturated rings. The Bertz CT molecular complexity index is 852. The second kappa shape index (κ2) is 8.59. The van der Waals surface area contributed by atoms with Crippen molar-refractivity contribution in [3.63, 3.8) is 0 Å². The van der Waals surface area contributed by atoms with E-state index < -0.39 is 19.1 Å². The predicted molar refractivity (Wildman–Crippen MR) is 97.6 cm³/mol. The molecule has 5 nitrogen and oxygen atoms in total. The van der Waals surface area contributed by atoms with Crippen LogP contribution in [0.15, 0.2) is 67.3 Å². The Morgan fingerprint density at radius 2 is 1.13 bits per heavy atom. The van der Waals surface area contributed by atoms with E-state index in [-0.39, 0.29) is 9.79 Å². The first-order valence-electron chi connectivity index (χ1n) is 5.95. The van der Waals surface area contributed by atoms with Gasteiger partial charge in [-0.15, -0.1) is 0 Å². The fourth-order valence-corrected chi connectivity index (χ4v) is 3.36. The number of halogens is 3. The molecule has 0 bridgehead atoms. The summed E-state index contributed by atoms with van der Waals surface area (Å²) in [4.78, 5) is 0.385. The minimum Gasteiger partial charge on any atom is -0.214 e. The van der Waals surface area contributed by atoms with Crippen molar-refractivity contribution in [1.29, 1.82) is 0 Å². The summed E-state index contributed by atoms with van der Waals surface area (Å²) in [5, 5.41) is 0. The van der Waals surface area contributed by atoms with Crippen LogP contribution in [-0.4, -0.2) is 23.9 Å². The third-order valence-electron chi connectivity index (χ3n) is 2.49. The van der Waals surface area contributed by atoms with Crippen LogP contribution in [0, 0.1) is 0 Å². The zero-order chi connectivity index (χ0) is 17.7. The maximum atomic E-state index is 11.2. The summed E-state index contributed by atoms with van der Waals surface area (Å²) in [6.07, 6.45) is 0. The SMILES string of the molecule is CNS(=O)(=O)c1ccc(Br)cc1.O=S(=O)(Cl)c1ccc(Br)cc1. The number of benzene rings is 2. The zero-order valence-corrected chi connectivity index (χ0v) is 17.3. The quantitative estimate of drug-likeness (QED) is 0.645. The molecule has 0 saturated heterocycles. The lowest BCUT2D eigenvalue weighted by Gasteiger charge is -2.00. The van der Waals surface area contributed by atoms with E-state index >= 15 is 0 Å². The average Bonchev–Trinajstić information content (AvgIpc) is 2.48. The van der Waals surface area contributed by atoms with E-state index in [1.54, 1.807) is 24.3 Å². The molecule has 2 aromatic rings. The number of nitrogens with one attached hydrogen (secondary N) is 1. The molecular weight excluding hydrogens is 494 g/mol. The van der Waals surface area contributed by atoms with Gasteiger partial charge in [0.25, 0.3) is 9.05 Å². The highest BCUT2D eigenvalue weighted by Crippen LogP contribution is 2.17. The molecule has 0 aliphatic carbocycles. The van der Waals surface area contributed by atoms with Crippen LogP contribution in [-0.2, 0) is 19.1 Å². The van der Waals surface area contributed by atoms with Crippen LogP contribution in [0.1, 0.15) is 0 Å². The molecule has 0 saturated carbocycles. The van der Waals surface area contributed by atoms with Gasteiger partial charge in [-0.3, -0.25) is 0 Å². The zero-order valence-electron chi connectivity index (χ0n) is 11.7. The van der Waals surface area contributed by atoms with Crippen molar-refractivity contribution in [2.45, 2.75) is 9.79 Å². The number of hydrogen-bond acceptors (Lipinski definition) is 4. The fraction of sp³-hybridized carbons (Fsp3) is 0.0769. The smallest absolute Gasteiger partial charge is 0.214 e. The van der Waals surface area contributed by atoms with Gasteiger partial charge in [0, 0.05) is 19.6 Å². The third-order valence-corrected chi connectivity index (χ3v) is 6.35. The van der Waals surface area contributed by atoms with Crippen molar-refractivity contribution < 1.29 is 16.8 Å². The Hall–Kier alpha value is -0.450. The predicted octanol–water partition coefficient (Wildman–Crippen LogP) is 3.73. The standard InChI is InChI=1S/C7H8BrNO2S.C6H4BrClO2S/c1-9-12(10,11)7-4-2-6(8)3-5-7;7-5-1-3-6(4-2-5)11(8,9)10/h2-5,9H,1H3;1-4H. The van der Waals surface area contributed by atoms with Crippen molar-refractivity contribution in [2.24, 2.45) is 0 Å². The first-order valence-corrected chi connectivity index (χ1v) is 11.3. The molecule has 0 unspecified atom stereocenters. The summed E-state index contributed by atoms with van der Waals surface area (Å²) in [7, 11) is -0.400. The van der Waals surface area contributed by atoms with E-state index in [1.165, 1.54) is 31.3 Å². The van der Waals surface area contributed by atoms with Gasteiger partial charge in [-0.2, -0.15) is 0 Å². The Kier molecular flexibility index (Phi) is 7.69. The maximum Gasteiger partial charge on any atom is 0.261 e. The Morgan fingerprint density at radius 3 is 1.43 bits per heavy atom. The third kappa shape index (κ3) is 6.90. The van der Waals surface area contributed by atoms with Gasteiger partial charge in [0.15, 0.2) is 0 Å². The van der Waals surface area contributed by atoms with E-state index in [4.69, 9.17) is 10.7 Å². The Morgan fingerprint density at radius 1 is 0.783 bits per heavy atom. The van der Waals surface area contributed by atoms with Crippen LogP contribution in [0.5, 0.6) is 0 Å². The summed E-state index contributed by atoms with van der Waals surface area (Å²) in [6, 6.07) is 12.6. The van der Waals surface area contributed by atoms with Crippen LogP contribution >= 0.6 is 42.5 Å². The second-order valence-electron chi connectivity index (χ2n) is 4.05. The molecule has 1 N–H and O–H groups in total. The first kappa shape index (κ1) is 20.6. The van der Waals surface area contributed by atoms with Gasteiger partial charge >= 0.3 is 0 Å². The lowest BCUT2D eigenvalue weighted by atomic mass is 10.4. The van der Waals surface area contributed by atoms with E-state index in [9.17, 15) is 16.8 Å². The highest BCUT2D eigenvalue weighted by molar-refractivity contribution is 9.10. The molecule has 0 radical (unpaired) electrons. The summed E-state index contributed by atoms with van der Waals surface area (Å²) < 4.78 is 47.7. The number of sulfonamides is 1. The lowest BCUT2D eigenvalue weighted by Crippen LogP contribution is -2.18. The van der Waals surface area contributed by atoms with Gasteiger partial charge in [-0.1, -0.05) is 31.9 Å². The molecule has 2 aromatic carbocycles. The van der Waals surface area contributed by atoms with Crippen molar-refractivity contribution in [3.8, 4) is 0 Å². The molecular formula is C13H12Br2ClNO4S2. The summed E-state index contributed by atoms with van der Waals surface area (Å²) in [5.41, 5.74) is 0. The molecule has 0 atom stereocenters. The van der Waals surface area contributed by atoms with Crippen molar-refractivity contribution in [1.82, 2.24) is 4.72 Å². The largest absolute Gasteiger partial charge is 0.261 e. The van der Waals surface area contributed by atoms with Crippen molar-refractivity contribution in [2.75, 3.05) is 7.05 Å². The number of rotatable bonds is 3. The van der Waals surface area contributed by atoms with Gasteiger partial charge < -0.3 is 0 Å². The molecule has 0 aliphatic rings. The van der Waals surface area contributed by atoms with E-state index in [0.29, 0.717) is 0 Å². The maximum absolute atomic E-state index is 11.2. The first-order chi connectivity index (χ1) is 10.6. The van der Waals surface area contributed by atoms with Crippen LogP contribution in [0.4, 0.5) is 0 Å². The molecule has 23 heavy (non-hydrogen) atoms. The van der Waals surface area contributed by atoms with E-state index in [0.717, 1.165) is 8.95 Å². The highest BCUT2D eigenvalue weighted by atomic mass is 79.9. The minimum atomic E-state index is -3.57. The second-order valence-corrected chi connectivity index (χ2v) is 10.3. The van der Waals surface area contributed by atoms with Gasteiger partial charge in [0.1, 0.15) is 0 Å². The van der Waals surface area contributed by atoms with Gasteiger partial charge in [0.2, 0.25) is 10.0 Å². The lowest BCUT2D eigenvalue weighted by molar-refractivity contribution is 0.588. The molecule has 0 aromatic heterocycles. The molecule has 2 rings (SSSR count). The van der Waals surface area contributed by atoms with Gasteiger partial charge in [0.05, 0.1) is 9.79 Å². The molecule has 126 valence electrons. The summed E-state index contributed by atoms with van der Waals surface area (Å²) in [5.74, 6) is 0. The summed E-state index contributed by atoms with van der Waals surface area (Å²) in [6.45, 7) is 0. The fourth-order valence-electron chi connectivity index (χ4n) is 1.33. The minimum absolute atomic E-state index is 0.113. The average molecular weight is 506 g/mol. The van der Waals surface area contributed by atoms with Gasteiger partial charge in [-0.05, 0) is 55.6 Å². The molecule has 0 amide bonds. The van der Waals surface area contributed by atoms with E-state index in [1.807, 2.05) is 0 Å². The normalized spacial score (nSPS) is 11.5. The van der Waals surface area contributed by atoms with Crippen LogP contribution in [0.2, 0.25) is 0 Å². The van der Waals surface area contributed by atoms with Crippen LogP contribution in [0.3, 0.4) is 0 Å². The number of hydrogen-bond donors (Lipinski definition) is 1.